The van der Waals surface area contributed by atoms with Gasteiger partial charge in [0, 0.05) is 25.1 Å². The molecule has 5 heteroatoms. The minimum absolute atomic E-state index is 0.164. The summed E-state index contributed by atoms with van der Waals surface area (Å²) in [7, 11) is 1.66. The van der Waals surface area contributed by atoms with E-state index in [0.717, 1.165) is 17.1 Å². The molecule has 1 unspecified atom stereocenters. The summed E-state index contributed by atoms with van der Waals surface area (Å²) < 4.78 is 5.00. The van der Waals surface area contributed by atoms with Crippen LogP contribution in [-0.2, 0) is 17.9 Å². The molecule has 1 aromatic heterocycles. The Morgan fingerprint density at radius 3 is 3.07 bits per heavy atom. The first-order chi connectivity index (χ1) is 7.30. The SMILES string of the molecule is CCC(CO)NCc1csc(COC)n1. The molecule has 86 valence electrons. The second-order valence-corrected chi connectivity index (χ2v) is 4.28. The van der Waals surface area contributed by atoms with Crippen LogP contribution in [0.1, 0.15) is 24.0 Å². The monoisotopic (exact) mass is 230 g/mol. The highest BCUT2D eigenvalue weighted by molar-refractivity contribution is 7.09. The van der Waals surface area contributed by atoms with Crippen molar-refractivity contribution in [3.8, 4) is 0 Å². The summed E-state index contributed by atoms with van der Waals surface area (Å²) in [6.45, 7) is 3.50. The minimum atomic E-state index is 0.164. The highest BCUT2D eigenvalue weighted by Gasteiger charge is 2.05. The van der Waals surface area contributed by atoms with Gasteiger partial charge in [-0.2, -0.15) is 0 Å². The van der Waals surface area contributed by atoms with Crippen LogP contribution < -0.4 is 5.32 Å². The van der Waals surface area contributed by atoms with Gasteiger partial charge in [0.25, 0.3) is 0 Å². The van der Waals surface area contributed by atoms with Crippen molar-refractivity contribution < 1.29 is 9.84 Å². The van der Waals surface area contributed by atoms with Gasteiger partial charge in [-0.3, -0.25) is 0 Å². The number of hydrogen-bond acceptors (Lipinski definition) is 5. The first-order valence-electron chi connectivity index (χ1n) is 5.06. The van der Waals surface area contributed by atoms with E-state index in [9.17, 15) is 0 Å². The van der Waals surface area contributed by atoms with E-state index in [1.807, 2.05) is 12.3 Å². The molecule has 0 saturated heterocycles. The summed E-state index contributed by atoms with van der Waals surface area (Å²) in [6, 6.07) is 0.164. The van der Waals surface area contributed by atoms with E-state index in [4.69, 9.17) is 9.84 Å². The van der Waals surface area contributed by atoms with Crippen LogP contribution in [0.3, 0.4) is 0 Å². The summed E-state index contributed by atoms with van der Waals surface area (Å²) in [6.07, 6.45) is 0.922. The summed E-state index contributed by atoms with van der Waals surface area (Å²) in [5.74, 6) is 0. The maximum atomic E-state index is 8.99. The molecule has 1 rings (SSSR count). The first-order valence-corrected chi connectivity index (χ1v) is 5.94. The molecule has 0 aliphatic heterocycles. The molecule has 0 bridgehead atoms. The van der Waals surface area contributed by atoms with Crippen molar-refractivity contribution in [2.75, 3.05) is 13.7 Å². The molecule has 0 aromatic carbocycles. The third kappa shape index (κ3) is 4.25. The quantitative estimate of drug-likeness (QED) is 0.738. The Morgan fingerprint density at radius 2 is 2.47 bits per heavy atom. The van der Waals surface area contributed by atoms with Gasteiger partial charge in [-0.25, -0.2) is 4.98 Å². The molecule has 1 heterocycles. The fourth-order valence-electron chi connectivity index (χ4n) is 1.21. The lowest BCUT2D eigenvalue weighted by Crippen LogP contribution is -2.31. The largest absolute Gasteiger partial charge is 0.395 e. The topological polar surface area (TPSA) is 54.4 Å². The fourth-order valence-corrected chi connectivity index (χ4v) is 1.97. The van der Waals surface area contributed by atoms with E-state index in [1.54, 1.807) is 18.4 Å². The van der Waals surface area contributed by atoms with Crippen LogP contribution in [-0.4, -0.2) is 29.8 Å². The molecule has 4 nitrogen and oxygen atoms in total. The Hall–Kier alpha value is -0.490. The molecule has 0 aliphatic carbocycles. The summed E-state index contributed by atoms with van der Waals surface area (Å²) in [4.78, 5) is 4.39. The van der Waals surface area contributed by atoms with Gasteiger partial charge in [0.1, 0.15) is 5.01 Å². The molecule has 0 amide bonds. The Morgan fingerprint density at radius 1 is 1.67 bits per heavy atom. The lowest BCUT2D eigenvalue weighted by molar-refractivity contribution is 0.184. The third-order valence-electron chi connectivity index (χ3n) is 2.15. The van der Waals surface area contributed by atoms with Gasteiger partial charge in [-0.15, -0.1) is 11.3 Å². The van der Waals surface area contributed by atoms with Gasteiger partial charge < -0.3 is 15.2 Å². The number of methoxy groups -OCH3 is 1. The van der Waals surface area contributed by atoms with Gasteiger partial charge in [-0.05, 0) is 6.42 Å². The zero-order chi connectivity index (χ0) is 11.1. The zero-order valence-electron chi connectivity index (χ0n) is 9.19. The molecule has 0 radical (unpaired) electrons. The zero-order valence-corrected chi connectivity index (χ0v) is 10.0. The number of aromatic nitrogens is 1. The second kappa shape index (κ2) is 6.90. The van der Waals surface area contributed by atoms with Crippen LogP contribution in [0.2, 0.25) is 0 Å². The van der Waals surface area contributed by atoms with E-state index in [-0.39, 0.29) is 12.6 Å². The Labute approximate surface area is 94.3 Å². The smallest absolute Gasteiger partial charge is 0.119 e. The van der Waals surface area contributed by atoms with Crippen molar-refractivity contribution in [2.45, 2.75) is 32.5 Å². The third-order valence-corrected chi connectivity index (χ3v) is 3.02. The van der Waals surface area contributed by atoms with Crippen molar-refractivity contribution in [1.29, 1.82) is 0 Å². The number of nitrogens with one attached hydrogen (secondary N) is 1. The lowest BCUT2D eigenvalue weighted by atomic mass is 10.2. The number of aliphatic hydroxyl groups excluding tert-OH is 1. The van der Waals surface area contributed by atoms with Crippen LogP contribution in [0.5, 0.6) is 0 Å². The minimum Gasteiger partial charge on any atom is -0.395 e. The Balaban J connectivity index is 2.36. The van der Waals surface area contributed by atoms with Gasteiger partial charge in [0.15, 0.2) is 0 Å². The Bertz CT molecular complexity index is 274. The van der Waals surface area contributed by atoms with Crippen LogP contribution >= 0.6 is 11.3 Å². The van der Waals surface area contributed by atoms with E-state index in [0.29, 0.717) is 13.2 Å². The van der Waals surface area contributed by atoms with Crippen molar-refractivity contribution in [2.24, 2.45) is 0 Å². The standard InChI is InChI=1S/C10H18N2O2S/c1-3-8(5-13)11-4-9-7-15-10(12-9)6-14-2/h7-8,11,13H,3-6H2,1-2H3. The van der Waals surface area contributed by atoms with E-state index in [2.05, 4.69) is 10.3 Å². The van der Waals surface area contributed by atoms with Gasteiger partial charge in [-0.1, -0.05) is 6.92 Å². The number of rotatable bonds is 7. The molecule has 1 aromatic rings. The molecular weight excluding hydrogens is 212 g/mol. The maximum absolute atomic E-state index is 8.99. The van der Waals surface area contributed by atoms with Gasteiger partial charge in [0.2, 0.25) is 0 Å². The average Bonchev–Trinajstić information content (AvgIpc) is 2.68. The summed E-state index contributed by atoms with van der Waals surface area (Å²) in [5, 5.41) is 15.2. The van der Waals surface area contributed by atoms with Crippen molar-refractivity contribution in [3.05, 3.63) is 16.1 Å². The maximum Gasteiger partial charge on any atom is 0.119 e. The van der Waals surface area contributed by atoms with E-state index < -0.39 is 0 Å². The van der Waals surface area contributed by atoms with Crippen molar-refractivity contribution in [1.82, 2.24) is 10.3 Å². The highest BCUT2D eigenvalue weighted by Crippen LogP contribution is 2.10. The number of thiazole rings is 1. The number of hydrogen-bond donors (Lipinski definition) is 2. The lowest BCUT2D eigenvalue weighted by Gasteiger charge is -2.12. The van der Waals surface area contributed by atoms with Gasteiger partial charge in [0.05, 0.1) is 18.9 Å². The summed E-state index contributed by atoms with van der Waals surface area (Å²) in [5.41, 5.74) is 1.01. The normalized spacial score (nSPS) is 13.0. The first kappa shape index (κ1) is 12.6. The highest BCUT2D eigenvalue weighted by atomic mass is 32.1. The molecule has 0 aliphatic rings. The summed E-state index contributed by atoms with van der Waals surface area (Å²) >= 11 is 1.60. The van der Waals surface area contributed by atoms with E-state index >= 15 is 0 Å². The second-order valence-electron chi connectivity index (χ2n) is 3.33. The van der Waals surface area contributed by atoms with Crippen LogP contribution in [0, 0.1) is 0 Å². The predicted molar refractivity (Wildman–Crippen MR) is 60.8 cm³/mol. The molecule has 15 heavy (non-hydrogen) atoms. The molecule has 2 N–H and O–H groups in total. The van der Waals surface area contributed by atoms with Crippen LogP contribution in [0.15, 0.2) is 5.38 Å². The van der Waals surface area contributed by atoms with Crippen molar-refractivity contribution >= 4 is 11.3 Å². The van der Waals surface area contributed by atoms with E-state index in [1.165, 1.54) is 0 Å². The number of nitrogens with zero attached hydrogens (tertiary/aromatic N) is 1. The molecular formula is C10H18N2O2S. The molecule has 0 saturated carbocycles. The number of ether oxygens (including phenoxy) is 1. The number of aliphatic hydroxyl groups is 1. The van der Waals surface area contributed by atoms with Crippen LogP contribution in [0.4, 0.5) is 0 Å². The fraction of sp³-hybridized carbons (Fsp3) is 0.700. The van der Waals surface area contributed by atoms with Crippen molar-refractivity contribution in [3.63, 3.8) is 0 Å². The predicted octanol–water partition coefficient (Wildman–Crippen LogP) is 1.15. The van der Waals surface area contributed by atoms with Gasteiger partial charge >= 0.3 is 0 Å². The molecule has 0 fully saturated rings. The molecule has 0 spiro atoms. The Kier molecular flexibility index (Phi) is 5.78. The van der Waals surface area contributed by atoms with Crippen LogP contribution in [0.25, 0.3) is 0 Å². The molecule has 1 atom stereocenters. The average molecular weight is 230 g/mol.